The topological polar surface area (TPSA) is 34.4 Å². The van der Waals surface area contributed by atoms with Gasteiger partial charge in [-0.25, -0.2) is 0 Å². The molecule has 0 radical (unpaired) electrons. The Morgan fingerprint density at radius 3 is 2.76 bits per heavy atom. The highest BCUT2D eigenvalue weighted by molar-refractivity contribution is 6.08. The van der Waals surface area contributed by atoms with Gasteiger partial charge in [-0.1, -0.05) is 62.6 Å². The summed E-state index contributed by atoms with van der Waals surface area (Å²) in [4.78, 5) is 0. The van der Waals surface area contributed by atoms with Crippen LogP contribution < -0.4 is 0 Å². The van der Waals surface area contributed by atoms with E-state index >= 15 is 0 Å². The van der Waals surface area contributed by atoms with Gasteiger partial charge < -0.3 is 14.4 Å². The molecule has 0 fully saturated rings. The third kappa shape index (κ3) is 3.05. The zero-order valence-corrected chi connectivity index (χ0v) is 16.9. The van der Waals surface area contributed by atoms with Gasteiger partial charge in [-0.3, -0.25) is 0 Å². The first-order valence-electron chi connectivity index (χ1n) is 10.7. The summed E-state index contributed by atoms with van der Waals surface area (Å²) in [6.07, 6.45) is 11.3. The lowest BCUT2D eigenvalue weighted by atomic mass is 10.0. The number of aliphatic hydroxyl groups excluding tert-OH is 1. The maximum Gasteiger partial charge on any atom is 0.181 e. The van der Waals surface area contributed by atoms with Gasteiger partial charge in [-0.2, -0.15) is 0 Å². The maximum absolute atomic E-state index is 10.8. The molecule has 1 aliphatic carbocycles. The molecule has 5 rings (SSSR count). The molecule has 0 saturated carbocycles. The number of ether oxygens (including phenoxy) is 1. The number of benzene rings is 2. The molecule has 0 saturated heterocycles. The number of rotatable bonds is 6. The van der Waals surface area contributed by atoms with Crippen LogP contribution in [0.4, 0.5) is 0 Å². The van der Waals surface area contributed by atoms with Gasteiger partial charge in [0.15, 0.2) is 6.10 Å². The zero-order valence-electron chi connectivity index (χ0n) is 16.9. The SMILES string of the molecule is CCCCCCn1c2ccccc2c2cc(C3OC4=CC=CCC4=C3O)ccc21. The standard InChI is InChI=1S/C26H27NO2/c1-2-3-4-9-16-27-22-12-7-5-10-19(22)21-17-18(14-15-23(21)27)26-25(28)20-11-6-8-13-24(20)29-26/h5-8,10,12-15,17,26,28H,2-4,9,11,16H2,1H3. The van der Waals surface area contributed by atoms with Crippen LogP contribution in [0.5, 0.6) is 0 Å². The monoisotopic (exact) mass is 385 g/mol. The van der Waals surface area contributed by atoms with Gasteiger partial charge in [0.05, 0.1) is 0 Å². The number of para-hydroxylation sites is 1. The molecule has 0 amide bonds. The van der Waals surface area contributed by atoms with Crippen LogP contribution in [0, 0.1) is 0 Å². The molecule has 2 aliphatic rings. The van der Waals surface area contributed by atoms with Crippen molar-refractivity contribution in [3.8, 4) is 0 Å². The van der Waals surface area contributed by atoms with Gasteiger partial charge in [0, 0.05) is 39.5 Å². The second-order valence-corrected chi connectivity index (χ2v) is 8.03. The lowest BCUT2D eigenvalue weighted by Crippen LogP contribution is -2.01. The van der Waals surface area contributed by atoms with Crippen LogP contribution in [0.15, 0.2) is 77.8 Å². The Hall–Kier alpha value is -2.94. The van der Waals surface area contributed by atoms with E-state index in [-0.39, 0.29) is 0 Å². The molecule has 3 nitrogen and oxygen atoms in total. The lowest BCUT2D eigenvalue weighted by Gasteiger charge is -2.13. The van der Waals surface area contributed by atoms with Crippen molar-refractivity contribution in [1.82, 2.24) is 4.57 Å². The molecule has 0 spiro atoms. The van der Waals surface area contributed by atoms with E-state index in [1.807, 2.05) is 12.2 Å². The molecule has 1 aliphatic heterocycles. The highest BCUT2D eigenvalue weighted by atomic mass is 16.5. The largest absolute Gasteiger partial charge is 0.508 e. The van der Waals surface area contributed by atoms with E-state index in [2.05, 4.69) is 60.0 Å². The predicted octanol–water partition coefficient (Wildman–Crippen LogP) is 7.10. The Labute approximate surface area is 171 Å². The average Bonchev–Trinajstić information content (AvgIpc) is 3.26. The number of aryl methyl sites for hydroxylation is 1. The van der Waals surface area contributed by atoms with Crippen LogP contribution >= 0.6 is 0 Å². The van der Waals surface area contributed by atoms with Crippen LogP contribution in [-0.4, -0.2) is 9.67 Å². The number of hydrogen-bond donors (Lipinski definition) is 1. The molecular formula is C26H27NO2. The predicted molar refractivity (Wildman–Crippen MR) is 119 cm³/mol. The van der Waals surface area contributed by atoms with Crippen LogP contribution in [0.25, 0.3) is 21.8 Å². The van der Waals surface area contributed by atoms with Gasteiger partial charge in [-0.15, -0.1) is 0 Å². The number of aliphatic hydroxyl groups is 1. The second-order valence-electron chi connectivity index (χ2n) is 8.03. The Morgan fingerprint density at radius 2 is 1.90 bits per heavy atom. The number of fused-ring (bicyclic) bond motifs is 4. The number of unbranched alkanes of at least 4 members (excludes halogenated alkanes) is 3. The fourth-order valence-corrected chi connectivity index (χ4v) is 4.62. The zero-order chi connectivity index (χ0) is 19.8. The summed E-state index contributed by atoms with van der Waals surface area (Å²) in [6, 6.07) is 15.1. The summed E-state index contributed by atoms with van der Waals surface area (Å²) in [5.74, 6) is 1.15. The fourth-order valence-electron chi connectivity index (χ4n) is 4.62. The van der Waals surface area contributed by atoms with Gasteiger partial charge in [0.1, 0.15) is 11.5 Å². The summed E-state index contributed by atoms with van der Waals surface area (Å²) in [6.45, 7) is 3.29. The van der Waals surface area contributed by atoms with E-state index in [0.29, 0.717) is 5.76 Å². The van der Waals surface area contributed by atoms with E-state index in [9.17, 15) is 5.11 Å². The first kappa shape index (κ1) is 18.1. The van der Waals surface area contributed by atoms with Gasteiger partial charge in [0.2, 0.25) is 0 Å². The van der Waals surface area contributed by atoms with Crippen molar-refractivity contribution in [3.63, 3.8) is 0 Å². The minimum absolute atomic E-state index is 0.350. The van der Waals surface area contributed by atoms with Crippen molar-refractivity contribution in [3.05, 3.63) is 83.3 Å². The molecule has 29 heavy (non-hydrogen) atoms. The molecular weight excluding hydrogens is 358 g/mol. The Morgan fingerprint density at radius 1 is 1.03 bits per heavy atom. The minimum Gasteiger partial charge on any atom is -0.508 e. The summed E-state index contributed by atoms with van der Waals surface area (Å²) >= 11 is 0. The Bertz CT molecular complexity index is 1160. The first-order valence-corrected chi connectivity index (χ1v) is 10.7. The molecule has 2 aromatic carbocycles. The number of hydrogen-bond acceptors (Lipinski definition) is 2. The van der Waals surface area contributed by atoms with Crippen molar-refractivity contribution < 1.29 is 9.84 Å². The minimum atomic E-state index is -0.410. The van der Waals surface area contributed by atoms with Crippen LogP contribution in [0.2, 0.25) is 0 Å². The molecule has 2 heterocycles. The van der Waals surface area contributed by atoms with E-state index < -0.39 is 6.10 Å². The number of aromatic nitrogens is 1. The van der Waals surface area contributed by atoms with Crippen LogP contribution in [-0.2, 0) is 11.3 Å². The van der Waals surface area contributed by atoms with E-state index in [0.717, 1.165) is 29.9 Å². The van der Waals surface area contributed by atoms with Crippen molar-refractivity contribution in [2.45, 2.75) is 51.7 Å². The summed E-state index contributed by atoms with van der Waals surface area (Å²) < 4.78 is 8.55. The highest BCUT2D eigenvalue weighted by Crippen LogP contribution is 2.43. The number of nitrogens with zero attached hydrogens (tertiary/aromatic N) is 1. The molecule has 1 atom stereocenters. The molecule has 3 aromatic rings. The van der Waals surface area contributed by atoms with E-state index in [1.165, 1.54) is 47.5 Å². The second kappa shape index (κ2) is 7.47. The quantitative estimate of drug-likeness (QED) is 0.459. The van der Waals surface area contributed by atoms with Crippen molar-refractivity contribution in [2.24, 2.45) is 0 Å². The van der Waals surface area contributed by atoms with E-state index in [4.69, 9.17) is 4.74 Å². The van der Waals surface area contributed by atoms with Gasteiger partial charge in [0.25, 0.3) is 0 Å². The molecule has 148 valence electrons. The summed E-state index contributed by atoms with van der Waals surface area (Å²) in [7, 11) is 0. The Balaban J connectivity index is 1.56. The third-order valence-electron chi connectivity index (χ3n) is 6.14. The normalized spacial score (nSPS) is 18.4. The van der Waals surface area contributed by atoms with Crippen molar-refractivity contribution in [1.29, 1.82) is 0 Å². The molecule has 3 heteroatoms. The van der Waals surface area contributed by atoms with Crippen molar-refractivity contribution >= 4 is 21.8 Å². The molecule has 1 aromatic heterocycles. The smallest absolute Gasteiger partial charge is 0.181 e. The van der Waals surface area contributed by atoms with E-state index in [1.54, 1.807) is 0 Å². The number of allylic oxidation sites excluding steroid dienone is 4. The van der Waals surface area contributed by atoms with Crippen molar-refractivity contribution in [2.75, 3.05) is 0 Å². The molecule has 1 unspecified atom stereocenters. The maximum atomic E-state index is 10.8. The van der Waals surface area contributed by atoms with Crippen LogP contribution in [0.3, 0.4) is 0 Å². The van der Waals surface area contributed by atoms with Gasteiger partial charge in [-0.05, 0) is 37.1 Å². The van der Waals surface area contributed by atoms with Gasteiger partial charge >= 0.3 is 0 Å². The van der Waals surface area contributed by atoms with Crippen LogP contribution in [0.1, 0.15) is 50.7 Å². The fraction of sp³-hybridized carbons (Fsp3) is 0.308. The average molecular weight is 386 g/mol. The molecule has 1 N–H and O–H groups in total. The summed E-state index contributed by atoms with van der Waals surface area (Å²) in [5, 5.41) is 13.3. The first-order chi connectivity index (χ1) is 14.3. The Kier molecular flexibility index (Phi) is 4.67. The lowest BCUT2D eigenvalue weighted by molar-refractivity contribution is 0.139. The highest BCUT2D eigenvalue weighted by Gasteiger charge is 2.32. The summed E-state index contributed by atoms with van der Waals surface area (Å²) in [5.41, 5.74) is 4.46. The molecule has 0 bridgehead atoms. The third-order valence-corrected chi connectivity index (χ3v) is 6.14.